The Morgan fingerprint density at radius 3 is 2.38 bits per heavy atom. The first-order valence-corrected chi connectivity index (χ1v) is 10.9. The standard InChI is InChI=1S/C19H21F3NO5P/c1-29(25,26)13-28-17-4-2-3-16(9-17)11-23-18(24)27-12-15-7-5-14(6-8-15)10-19(20,21)22/h2-9H,10-13H2,1H3,(H,23,24)(H,25,26). The number of carbonyl (C=O) groups excluding carboxylic acids is 1. The summed E-state index contributed by atoms with van der Waals surface area (Å²) in [6.45, 7) is 1.26. The zero-order valence-electron chi connectivity index (χ0n) is 15.6. The van der Waals surface area contributed by atoms with Crippen LogP contribution in [-0.2, 0) is 28.9 Å². The lowest BCUT2D eigenvalue weighted by atomic mass is 10.1. The number of nitrogens with one attached hydrogen (secondary N) is 1. The van der Waals surface area contributed by atoms with E-state index >= 15 is 0 Å². The molecule has 0 fully saturated rings. The van der Waals surface area contributed by atoms with Gasteiger partial charge in [0.25, 0.3) is 0 Å². The van der Waals surface area contributed by atoms with Crippen molar-refractivity contribution in [3.63, 3.8) is 0 Å². The van der Waals surface area contributed by atoms with E-state index in [1.807, 2.05) is 0 Å². The van der Waals surface area contributed by atoms with Crippen LogP contribution >= 0.6 is 7.37 Å². The van der Waals surface area contributed by atoms with Crippen LogP contribution in [0.25, 0.3) is 0 Å². The molecule has 0 radical (unpaired) electrons. The monoisotopic (exact) mass is 431 g/mol. The second kappa shape index (κ2) is 9.80. The average Bonchev–Trinajstić information content (AvgIpc) is 2.63. The third-order valence-corrected chi connectivity index (χ3v) is 4.21. The SMILES string of the molecule is CP(=O)(O)COc1cccc(CNC(=O)OCc2ccc(CC(F)(F)F)cc2)c1. The number of alkyl carbamates (subject to hydrolysis) is 1. The predicted octanol–water partition coefficient (Wildman–Crippen LogP) is 4.45. The number of ether oxygens (including phenoxy) is 2. The van der Waals surface area contributed by atoms with Crippen molar-refractivity contribution in [3.8, 4) is 5.75 Å². The summed E-state index contributed by atoms with van der Waals surface area (Å²) in [6, 6.07) is 12.3. The van der Waals surface area contributed by atoms with Gasteiger partial charge in [-0.1, -0.05) is 36.4 Å². The van der Waals surface area contributed by atoms with Crippen molar-refractivity contribution < 1.29 is 36.9 Å². The highest BCUT2D eigenvalue weighted by Crippen LogP contribution is 2.35. The van der Waals surface area contributed by atoms with E-state index in [0.717, 1.165) is 0 Å². The van der Waals surface area contributed by atoms with Crippen LogP contribution in [0, 0.1) is 0 Å². The molecule has 2 rings (SSSR count). The summed E-state index contributed by atoms with van der Waals surface area (Å²) in [5.41, 5.74) is 1.39. The highest BCUT2D eigenvalue weighted by atomic mass is 31.2. The van der Waals surface area contributed by atoms with Crippen molar-refractivity contribution in [1.29, 1.82) is 0 Å². The molecular weight excluding hydrogens is 410 g/mol. The molecule has 0 saturated heterocycles. The molecule has 29 heavy (non-hydrogen) atoms. The van der Waals surface area contributed by atoms with Crippen LogP contribution in [0.4, 0.5) is 18.0 Å². The molecule has 0 aliphatic carbocycles. The summed E-state index contributed by atoms with van der Waals surface area (Å²) in [6.07, 6.45) is -6.28. The van der Waals surface area contributed by atoms with Crippen molar-refractivity contribution in [1.82, 2.24) is 5.32 Å². The molecule has 2 aromatic carbocycles. The normalized spacial score (nSPS) is 13.4. The van der Waals surface area contributed by atoms with Gasteiger partial charge < -0.3 is 19.7 Å². The molecule has 1 unspecified atom stereocenters. The fourth-order valence-corrected chi connectivity index (χ4v) is 2.69. The third kappa shape index (κ3) is 9.49. The molecule has 2 aromatic rings. The number of rotatable bonds is 8. The number of hydrogen-bond acceptors (Lipinski definition) is 4. The summed E-state index contributed by atoms with van der Waals surface area (Å²) in [5, 5.41) is 2.54. The van der Waals surface area contributed by atoms with Gasteiger partial charge in [-0.05, 0) is 28.8 Å². The van der Waals surface area contributed by atoms with Gasteiger partial charge in [-0.3, -0.25) is 4.57 Å². The zero-order valence-corrected chi connectivity index (χ0v) is 16.5. The molecule has 0 aliphatic rings. The van der Waals surface area contributed by atoms with Gasteiger partial charge in [-0.15, -0.1) is 0 Å². The molecule has 0 aliphatic heterocycles. The van der Waals surface area contributed by atoms with Crippen molar-refractivity contribution in [2.75, 3.05) is 13.0 Å². The smallest absolute Gasteiger partial charge is 0.407 e. The summed E-state index contributed by atoms with van der Waals surface area (Å²) in [5.74, 6) is 0.396. The van der Waals surface area contributed by atoms with Gasteiger partial charge in [0, 0.05) is 13.2 Å². The highest BCUT2D eigenvalue weighted by molar-refractivity contribution is 7.56. The van der Waals surface area contributed by atoms with Gasteiger partial charge >= 0.3 is 12.3 Å². The molecular formula is C19H21F3NO5P. The van der Waals surface area contributed by atoms with Crippen LogP contribution < -0.4 is 10.1 Å². The summed E-state index contributed by atoms with van der Waals surface area (Å²) in [4.78, 5) is 21.1. The Labute approximate surface area is 166 Å². The van der Waals surface area contributed by atoms with E-state index in [9.17, 15) is 27.4 Å². The van der Waals surface area contributed by atoms with E-state index in [1.54, 1.807) is 24.3 Å². The second-order valence-corrected chi connectivity index (χ2v) is 8.87. The number of benzene rings is 2. The van der Waals surface area contributed by atoms with Crippen LogP contribution in [-0.4, -0.2) is 30.2 Å². The van der Waals surface area contributed by atoms with Gasteiger partial charge in [0.2, 0.25) is 7.37 Å². The number of hydrogen-bond donors (Lipinski definition) is 2. The maximum atomic E-state index is 12.3. The van der Waals surface area contributed by atoms with Crippen LogP contribution in [0.5, 0.6) is 5.75 Å². The molecule has 0 aromatic heterocycles. The van der Waals surface area contributed by atoms with Crippen LogP contribution in [0.1, 0.15) is 16.7 Å². The summed E-state index contributed by atoms with van der Waals surface area (Å²) < 4.78 is 58.5. The molecule has 0 saturated carbocycles. The lowest BCUT2D eigenvalue weighted by molar-refractivity contribution is -0.127. The Bertz CT molecular complexity index is 865. The Morgan fingerprint density at radius 2 is 1.76 bits per heavy atom. The Morgan fingerprint density at radius 1 is 1.10 bits per heavy atom. The lowest BCUT2D eigenvalue weighted by Crippen LogP contribution is -2.23. The van der Waals surface area contributed by atoms with Crippen molar-refractivity contribution >= 4 is 13.5 Å². The van der Waals surface area contributed by atoms with E-state index in [0.29, 0.717) is 16.9 Å². The van der Waals surface area contributed by atoms with E-state index in [1.165, 1.54) is 30.9 Å². The molecule has 2 N–H and O–H groups in total. The molecule has 1 atom stereocenters. The van der Waals surface area contributed by atoms with Gasteiger partial charge in [0.05, 0.1) is 6.42 Å². The minimum Gasteiger partial charge on any atom is -0.484 e. The van der Waals surface area contributed by atoms with Crippen LogP contribution in [0.3, 0.4) is 0 Å². The number of amides is 1. The predicted molar refractivity (Wildman–Crippen MR) is 101 cm³/mol. The minimum absolute atomic E-state index is 0.0798. The maximum absolute atomic E-state index is 12.3. The van der Waals surface area contributed by atoms with E-state index in [4.69, 9.17) is 9.47 Å². The van der Waals surface area contributed by atoms with E-state index < -0.39 is 26.1 Å². The molecule has 0 heterocycles. The quantitative estimate of drug-likeness (QED) is 0.603. The fourth-order valence-electron chi connectivity index (χ4n) is 2.30. The molecule has 1 amide bonds. The van der Waals surface area contributed by atoms with Gasteiger partial charge in [0.15, 0.2) is 6.35 Å². The molecule has 6 nitrogen and oxygen atoms in total. The average molecular weight is 431 g/mol. The first-order valence-electron chi connectivity index (χ1n) is 8.56. The second-order valence-electron chi connectivity index (χ2n) is 6.51. The first kappa shape index (κ1) is 22.8. The number of alkyl halides is 3. The van der Waals surface area contributed by atoms with Crippen molar-refractivity contribution in [3.05, 3.63) is 65.2 Å². The molecule has 158 valence electrons. The number of halogens is 3. The third-order valence-electron chi connectivity index (χ3n) is 3.60. The molecule has 0 spiro atoms. The Hall–Kier alpha value is -2.51. The molecule has 10 heteroatoms. The Balaban J connectivity index is 1.78. The van der Waals surface area contributed by atoms with Gasteiger partial charge in [0.1, 0.15) is 12.4 Å². The van der Waals surface area contributed by atoms with Gasteiger partial charge in [-0.25, -0.2) is 4.79 Å². The van der Waals surface area contributed by atoms with Crippen LogP contribution in [0.2, 0.25) is 0 Å². The zero-order chi connectivity index (χ0) is 21.5. The topological polar surface area (TPSA) is 84.9 Å². The van der Waals surface area contributed by atoms with E-state index in [2.05, 4.69) is 5.32 Å². The lowest BCUT2D eigenvalue weighted by Gasteiger charge is -2.11. The van der Waals surface area contributed by atoms with Gasteiger partial charge in [-0.2, -0.15) is 13.2 Å². The highest BCUT2D eigenvalue weighted by Gasteiger charge is 2.27. The van der Waals surface area contributed by atoms with Crippen LogP contribution in [0.15, 0.2) is 48.5 Å². The fraction of sp³-hybridized carbons (Fsp3) is 0.316. The summed E-state index contributed by atoms with van der Waals surface area (Å²) >= 11 is 0. The Kier molecular flexibility index (Phi) is 7.70. The molecule has 0 bridgehead atoms. The van der Waals surface area contributed by atoms with Crippen molar-refractivity contribution in [2.45, 2.75) is 25.7 Å². The minimum atomic E-state index is -4.27. The van der Waals surface area contributed by atoms with Crippen molar-refractivity contribution in [2.24, 2.45) is 0 Å². The summed E-state index contributed by atoms with van der Waals surface area (Å²) in [7, 11) is -3.30. The largest absolute Gasteiger partial charge is 0.484 e. The first-order chi connectivity index (χ1) is 13.5. The maximum Gasteiger partial charge on any atom is 0.407 e. The van der Waals surface area contributed by atoms with E-state index in [-0.39, 0.29) is 25.1 Å². The number of carbonyl (C=O) groups is 1.